The van der Waals surface area contributed by atoms with Gasteiger partial charge in [-0.15, -0.1) is 0 Å². The van der Waals surface area contributed by atoms with Crippen LogP contribution in [0.4, 0.5) is 5.69 Å². The van der Waals surface area contributed by atoms with E-state index in [9.17, 15) is 9.59 Å². The van der Waals surface area contributed by atoms with Gasteiger partial charge in [0.15, 0.2) is 0 Å². The molecule has 1 heterocycles. The summed E-state index contributed by atoms with van der Waals surface area (Å²) >= 11 is 3.38. The van der Waals surface area contributed by atoms with E-state index < -0.39 is 11.7 Å². The number of aryl methyl sites for hydroxylation is 1. The van der Waals surface area contributed by atoms with E-state index in [-0.39, 0.29) is 0 Å². The lowest BCUT2D eigenvalue weighted by Gasteiger charge is -2.18. The molecule has 0 saturated carbocycles. The number of hydrogen-bond acceptors (Lipinski definition) is 2. The Morgan fingerprint density at radius 1 is 1.05 bits per heavy atom. The minimum Gasteiger partial charge on any atom is -0.300 e. The van der Waals surface area contributed by atoms with Crippen LogP contribution in [-0.2, 0) is 11.3 Å². The van der Waals surface area contributed by atoms with Gasteiger partial charge in [-0.2, -0.15) is 0 Å². The quantitative estimate of drug-likeness (QED) is 0.791. The molecule has 0 fully saturated rings. The van der Waals surface area contributed by atoms with E-state index in [1.54, 1.807) is 11.0 Å². The normalized spacial score (nSPS) is 13.8. The molecule has 100 valence electrons. The lowest BCUT2D eigenvalue weighted by molar-refractivity contribution is -0.114. The van der Waals surface area contributed by atoms with Crippen LogP contribution in [0.3, 0.4) is 0 Å². The fraction of sp³-hybridized carbons (Fsp3) is 0.125. The SMILES string of the molecule is Cc1cccc2c1N(Cc1ccc(Br)cc1)C(=O)C2=O. The van der Waals surface area contributed by atoms with Crippen molar-refractivity contribution in [2.45, 2.75) is 13.5 Å². The van der Waals surface area contributed by atoms with Crippen molar-refractivity contribution in [2.24, 2.45) is 0 Å². The monoisotopic (exact) mass is 329 g/mol. The molecule has 1 amide bonds. The Labute approximate surface area is 125 Å². The van der Waals surface area contributed by atoms with Gasteiger partial charge in [0, 0.05) is 4.47 Å². The van der Waals surface area contributed by atoms with Crippen LogP contribution >= 0.6 is 15.9 Å². The van der Waals surface area contributed by atoms with E-state index in [4.69, 9.17) is 0 Å². The Morgan fingerprint density at radius 2 is 1.75 bits per heavy atom. The number of fused-ring (bicyclic) bond motifs is 1. The number of halogens is 1. The number of carbonyl (C=O) groups is 2. The largest absolute Gasteiger partial charge is 0.300 e. The second-order valence-electron chi connectivity index (χ2n) is 4.82. The molecule has 0 radical (unpaired) electrons. The van der Waals surface area contributed by atoms with Crippen molar-refractivity contribution in [1.82, 2.24) is 0 Å². The Hall–Kier alpha value is -1.94. The Kier molecular flexibility index (Phi) is 3.18. The van der Waals surface area contributed by atoms with Crippen molar-refractivity contribution >= 4 is 33.3 Å². The number of nitrogens with zero attached hydrogens (tertiary/aromatic N) is 1. The van der Waals surface area contributed by atoms with Gasteiger partial charge >= 0.3 is 0 Å². The highest BCUT2D eigenvalue weighted by Crippen LogP contribution is 2.33. The standard InChI is InChI=1S/C16H12BrNO2/c1-10-3-2-4-13-14(10)18(16(20)15(13)19)9-11-5-7-12(17)8-6-11/h2-8H,9H2,1H3. The third-order valence-corrected chi connectivity index (χ3v) is 3.97. The van der Waals surface area contributed by atoms with Crippen molar-refractivity contribution in [3.63, 3.8) is 0 Å². The molecule has 0 bridgehead atoms. The summed E-state index contributed by atoms with van der Waals surface area (Å²) in [7, 11) is 0. The van der Waals surface area contributed by atoms with Crippen LogP contribution in [0.1, 0.15) is 21.5 Å². The fourth-order valence-electron chi connectivity index (χ4n) is 2.46. The van der Waals surface area contributed by atoms with Crippen molar-refractivity contribution < 1.29 is 9.59 Å². The number of para-hydroxylation sites is 1. The first-order valence-corrected chi connectivity index (χ1v) is 7.07. The Morgan fingerprint density at radius 3 is 2.45 bits per heavy atom. The minimum absolute atomic E-state index is 0.412. The number of benzene rings is 2. The smallest absolute Gasteiger partial charge is 0.299 e. The summed E-state index contributed by atoms with van der Waals surface area (Å²) < 4.78 is 0.988. The first kappa shape index (κ1) is 13.1. The molecule has 3 rings (SSSR count). The third kappa shape index (κ3) is 2.06. The summed E-state index contributed by atoms with van der Waals surface area (Å²) in [5.74, 6) is -0.863. The van der Waals surface area contributed by atoms with Gasteiger partial charge in [-0.1, -0.05) is 40.2 Å². The van der Waals surface area contributed by atoms with Crippen LogP contribution in [0.5, 0.6) is 0 Å². The second-order valence-corrected chi connectivity index (χ2v) is 5.73. The molecule has 1 aliphatic rings. The average Bonchev–Trinajstić information content (AvgIpc) is 2.68. The summed E-state index contributed by atoms with van der Waals surface area (Å²) in [6.07, 6.45) is 0. The molecule has 0 spiro atoms. The molecule has 0 N–H and O–H groups in total. The summed E-state index contributed by atoms with van der Waals surface area (Å²) in [6.45, 7) is 2.33. The van der Waals surface area contributed by atoms with E-state index in [0.717, 1.165) is 21.3 Å². The van der Waals surface area contributed by atoms with Crippen LogP contribution in [0.25, 0.3) is 0 Å². The Bertz CT molecular complexity index is 707. The first-order valence-electron chi connectivity index (χ1n) is 6.28. The van der Waals surface area contributed by atoms with Crippen molar-refractivity contribution in [1.29, 1.82) is 0 Å². The molecule has 4 heteroatoms. The van der Waals surface area contributed by atoms with Crippen molar-refractivity contribution in [3.8, 4) is 0 Å². The number of amides is 1. The summed E-state index contributed by atoms with van der Waals surface area (Å²) in [5.41, 5.74) is 3.18. The van der Waals surface area contributed by atoms with Gasteiger partial charge in [0.1, 0.15) is 0 Å². The maximum absolute atomic E-state index is 12.2. The number of anilines is 1. The van der Waals surface area contributed by atoms with Crippen LogP contribution in [0.15, 0.2) is 46.9 Å². The molecule has 2 aromatic rings. The molecule has 20 heavy (non-hydrogen) atoms. The highest BCUT2D eigenvalue weighted by Gasteiger charge is 2.36. The van der Waals surface area contributed by atoms with Crippen LogP contribution in [0, 0.1) is 6.92 Å². The van der Waals surface area contributed by atoms with E-state index in [0.29, 0.717) is 12.1 Å². The van der Waals surface area contributed by atoms with E-state index >= 15 is 0 Å². The minimum atomic E-state index is -0.447. The zero-order chi connectivity index (χ0) is 14.3. The molecule has 3 nitrogen and oxygen atoms in total. The second kappa shape index (κ2) is 4.87. The maximum Gasteiger partial charge on any atom is 0.299 e. The number of carbonyl (C=O) groups excluding carboxylic acids is 2. The average molecular weight is 330 g/mol. The molecule has 0 unspecified atom stereocenters. The van der Waals surface area contributed by atoms with Gasteiger partial charge in [0.25, 0.3) is 11.7 Å². The lowest BCUT2D eigenvalue weighted by Crippen LogP contribution is -2.29. The lowest BCUT2D eigenvalue weighted by atomic mass is 10.1. The van der Waals surface area contributed by atoms with Crippen LogP contribution in [-0.4, -0.2) is 11.7 Å². The predicted octanol–water partition coefficient (Wildman–Crippen LogP) is 3.49. The molecule has 0 saturated heterocycles. The molecule has 0 aliphatic carbocycles. The zero-order valence-electron chi connectivity index (χ0n) is 10.9. The van der Waals surface area contributed by atoms with Gasteiger partial charge < -0.3 is 4.90 Å². The highest BCUT2D eigenvalue weighted by atomic mass is 79.9. The zero-order valence-corrected chi connectivity index (χ0v) is 12.5. The van der Waals surface area contributed by atoms with Crippen LogP contribution < -0.4 is 4.90 Å². The van der Waals surface area contributed by atoms with Gasteiger partial charge in [-0.25, -0.2) is 0 Å². The maximum atomic E-state index is 12.2. The van der Waals surface area contributed by atoms with Crippen LogP contribution in [0.2, 0.25) is 0 Å². The highest BCUT2D eigenvalue weighted by molar-refractivity contribution is 9.10. The molecular weight excluding hydrogens is 318 g/mol. The van der Waals surface area contributed by atoms with Gasteiger partial charge in [-0.05, 0) is 36.2 Å². The molecule has 2 aromatic carbocycles. The van der Waals surface area contributed by atoms with Gasteiger partial charge in [0.2, 0.25) is 0 Å². The van der Waals surface area contributed by atoms with Crippen molar-refractivity contribution in [2.75, 3.05) is 4.90 Å². The summed E-state index contributed by atoms with van der Waals surface area (Å²) in [5, 5.41) is 0. The number of ketones is 1. The summed E-state index contributed by atoms with van der Waals surface area (Å²) in [6, 6.07) is 13.2. The van der Waals surface area contributed by atoms with Gasteiger partial charge in [0.05, 0.1) is 17.8 Å². The number of Topliss-reactive ketones (excluding diaryl/α,β-unsaturated/α-hetero) is 1. The summed E-state index contributed by atoms with van der Waals surface area (Å²) in [4.78, 5) is 25.7. The molecule has 0 atom stereocenters. The molecular formula is C16H12BrNO2. The van der Waals surface area contributed by atoms with Crippen molar-refractivity contribution in [3.05, 3.63) is 63.6 Å². The van der Waals surface area contributed by atoms with E-state index in [1.807, 2.05) is 43.3 Å². The predicted molar refractivity (Wildman–Crippen MR) is 80.8 cm³/mol. The van der Waals surface area contributed by atoms with E-state index in [2.05, 4.69) is 15.9 Å². The van der Waals surface area contributed by atoms with E-state index in [1.165, 1.54) is 0 Å². The first-order chi connectivity index (χ1) is 9.58. The Balaban J connectivity index is 2.01. The third-order valence-electron chi connectivity index (χ3n) is 3.45. The molecule has 1 aliphatic heterocycles. The number of rotatable bonds is 2. The molecule has 0 aromatic heterocycles. The number of hydrogen-bond donors (Lipinski definition) is 0. The van der Waals surface area contributed by atoms with Gasteiger partial charge in [-0.3, -0.25) is 9.59 Å². The topological polar surface area (TPSA) is 37.4 Å². The fourth-order valence-corrected chi connectivity index (χ4v) is 2.73.